The maximum absolute atomic E-state index is 12.3. The van der Waals surface area contributed by atoms with Crippen molar-refractivity contribution in [2.45, 2.75) is 24.7 Å². The van der Waals surface area contributed by atoms with Crippen LogP contribution < -0.4 is 5.32 Å². The van der Waals surface area contributed by atoms with E-state index in [2.05, 4.69) is 5.32 Å². The third kappa shape index (κ3) is 4.66. The number of carbonyl (C=O) groups is 1. The van der Waals surface area contributed by atoms with E-state index in [0.717, 1.165) is 5.56 Å². The van der Waals surface area contributed by atoms with E-state index in [-0.39, 0.29) is 22.1 Å². The lowest BCUT2D eigenvalue weighted by Gasteiger charge is -2.10. The molecule has 0 radical (unpaired) electrons. The highest BCUT2D eigenvalue weighted by atomic mass is 32.2. The van der Waals surface area contributed by atoms with Gasteiger partial charge in [0.05, 0.1) is 16.2 Å². The monoisotopic (exact) mass is 331 g/mol. The fourth-order valence-corrected chi connectivity index (χ4v) is 3.90. The third-order valence-electron chi connectivity index (χ3n) is 3.48. The Morgan fingerprint density at radius 2 is 1.65 bits per heavy atom. The molecule has 0 unspecified atom stereocenters. The predicted molar refractivity (Wildman–Crippen MR) is 91.3 cm³/mol. The van der Waals surface area contributed by atoms with Gasteiger partial charge in [0.1, 0.15) is 0 Å². The average Bonchev–Trinajstić information content (AvgIpc) is 2.56. The molecule has 0 fully saturated rings. The molecule has 0 saturated heterocycles. The highest BCUT2D eigenvalue weighted by Crippen LogP contribution is 2.17. The molecule has 0 atom stereocenters. The van der Waals surface area contributed by atoms with Crippen LogP contribution in [-0.4, -0.2) is 26.6 Å². The number of benzene rings is 2. The van der Waals surface area contributed by atoms with Crippen molar-refractivity contribution in [1.29, 1.82) is 0 Å². The summed E-state index contributed by atoms with van der Waals surface area (Å²) in [5, 5.41) is 2.80. The van der Waals surface area contributed by atoms with Crippen molar-refractivity contribution in [2.24, 2.45) is 0 Å². The van der Waals surface area contributed by atoms with Gasteiger partial charge in [0.2, 0.25) is 0 Å². The van der Waals surface area contributed by atoms with Crippen LogP contribution >= 0.6 is 0 Å². The van der Waals surface area contributed by atoms with Gasteiger partial charge in [-0.2, -0.15) is 0 Å². The Labute approximate surface area is 137 Å². The molecular weight excluding hydrogens is 310 g/mol. The second-order valence-corrected chi connectivity index (χ2v) is 7.38. The molecule has 4 nitrogen and oxygen atoms in total. The van der Waals surface area contributed by atoms with Crippen LogP contribution in [0.15, 0.2) is 59.5 Å². The van der Waals surface area contributed by atoms with E-state index in [4.69, 9.17) is 0 Å². The zero-order valence-corrected chi connectivity index (χ0v) is 14.0. The molecule has 2 aromatic rings. The number of carbonyl (C=O) groups excluding carboxylic acids is 1. The highest BCUT2D eigenvalue weighted by Gasteiger charge is 2.21. The fraction of sp³-hybridized carbons (Fsp3) is 0.278. The van der Waals surface area contributed by atoms with Crippen LogP contribution in [0.5, 0.6) is 0 Å². The molecule has 0 aliphatic heterocycles. The molecule has 0 spiro atoms. The smallest absolute Gasteiger partial charge is 0.252 e. The Morgan fingerprint density at radius 1 is 1.00 bits per heavy atom. The zero-order chi connectivity index (χ0) is 16.7. The normalized spacial score (nSPS) is 11.2. The first-order valence-corrected chi connectivity index (χ1v) is 9.33. The van der Waals surface area contributed by atoms with E-state index in [0.29, 0.717) is 19.4 Å². The van der Waals surface area contributed by atoms with E-state index in [1.807, 2.05) is 30.3 Å². The molecule has 122 valence electrons. The Bertz CT molecular complexity index is 755. The third-order valence-corrected chi connectivity index (χ3v) is 5.45. The zero-order valence-electron chi connectivity index (χ0n) is 13.2. The van der Waals surface area contributed by atoms with Gasteiger partial charge in [-0.1, -0.05) is 49.4 Å². The molecule has 0 heterocycles. The Kier molecular flexibility index (Phi) is 5.93. The molecule has 0 aliphatic carbocycles. The average molecular weight is 331 g/mol. The van der Waals surface area contributed by atoms with Crippen molar-refractivity contribution in [3.63, 3.8) is 0 Å². The Balaban J connectivity index is 2.08. The molecule has 0 bridgehead atoms. The van der Waals surface area contributed by atoms with E-state index in [9.17, 15) is 13.2 Å². The van der Waals surface area contributed by atoms with Crippen molar-refractivity contribution in [3.8, 4) is 0 Å². The summed E-state index contributed by atoms with van der Waals surface area (Å²) in [5.41, 5.74) is 1.34. The maximum atomic E-state index is 12.3. The first-order chi connectivity index (χ1) is 11.0. The lowest BCUT2D eigenvalue weighted by atomic mass is 10.1. The Morgan fingerprint density at radius 3 is 2.35 bits per heavy atom. The predicted octanol–water partition coefficient (Wildman–Crippen LogP) is 2.84. The summed E-state index contributed by atoms with van der Waals surface area (Å²) in [6.07, 6.45) is 1.22. The minimum Gasteiger partial charge on any atom is -0.352 e. The second kappa shape index (κ2) is 7.92. The Hall–Kier alpha value is -2.14. The summed E-state index contributed by atoms with van der Waals surface area (Å²) in [4.78, 5) is 12.4. The van der Waals surface area contributed by atoms with Gasteiger partial charge in [-0.05, 0) is 30.5 Å². The summed E-state index contributed by atoms with van der Waals surface area (Å²) >= 11 is 0. The topological polar surface area (TPSA) is 63.2 Å². The molecule has 2 rings (SSSR count). The number of sulfone groups is 1. The van der Waals surface area contributed by atoms with Gasteiger partial charge >= 0.3 is 0 Å². The minimum atomic E-state index is -3.42. The van der Waals surface area contributed by atoms with Crippen molar-refractivity contribution >= 4 is 15.7 Å². The van der Waals surface area contributed by atoms with Crippen molar-refractivity contribution in [2.75, 3.05) is 12.3 Å². The van der Waals surface area contributed by atoms with Gasteiger partial charge in [0, 0.05) is 6.54 Å². The molecular formula is C18H21NO3S. The van der Waals surface area contributed by atoms with E-state index < -0.39 is 9.84 Å². The lowest BCUT2D eigenvalue weighted by molar-refractivity contribution is 0.0951. The van der Waals surface area contributed by atoms with Crippen LogP contribution in [0, 0.1) is 0 Å². The second-order valence-electron chi connectivity index (χ2n) is 5.31. The van der Waals surface area contributed by atoms with Crippen LogP contribution in [0.1, 0.15) is 29.3 Å². The van der Waals surface area contributed by atoms with Crippen LogP contribution in [0.3, 0.4) is 0 Å². The summed E-state index contributed by atoms with van der Waals surface area (Å²) in [6.45, 7) is 2.27. The van der Waals surface area contributed by atoms with E-state index in [1.165, 1.54) is 6.07 Å². The van der Waals surface area contributed by atoms with Crippen LogP contribution in [0.25, 0.3) is 0 Å². The minimum absolute atomic E-state index is 0.0430. The standard InChI is InChI=1S/C18H21NO3S/c1-2-14-23(21,22)17-11-7-6-10-16(17)18(20)19-13-12-15-8-4-3-5-9-15/h3-11H,2,12-14H2,1H3,(H,19,20). The van der Waals surface area contributed by atoms with E-state index in [1.54, 1.807) is 25.1 Å². The summed E-state index contributed by atoms with van der Waals surface area (Å²) < 4.78 is 24.5. The SMILES string of the molecule is CCCS(=O)(=O)c1ccccc1C(=O)NCCc1ccccc1. The molecule has 1 N–H and O–H groups in total. The van der Waals surface area contributed by atoms with Crippen LogP contribution in [-0.2, 0) is 16.3 Å². The molecule has 0 saturated carbocycles. The molecule has 0 aromatic heterocycles. The first-order valence-electron chi connectivity index (χ1n) is 7.68. The summed E-state index contributed by atoms with van der Waals surface area (Å²) in [7, 11) is -3.42. The van der Waals surface area contributed by atoms with Crippen LogP contribution in [0.4, 0.5) is 0 Å². The molecule has 0 aliphatic rings. The summed E-state index contributed by atoms with van der Waals surface area (Å²) in [5.74, 6) is -0.308. The number of hydrogen-bond donors (Lipinski definition) is 1. The molecule has 1 amide bonds. The fourth-order valence-electron chi connectivity index (χ4n) is 2.36. The van der Waals surface area contributed by atoms with Gasteiger partial charge in [-0.3, -0.25) is 4.79 Å². The largest absolute Gasteiger partial charge is 0.352 e. The van der Waals surface area contributed by atoms with Gasteiger partial charge in [-0.25, -0.2) is 8.42 Å². The van der Waals surface area contributed by atoms with Crippen molar-refractivity contribution in [3.05, 3.63) is 65.7 Å². The molecule has 2 aromatic carbocycles. The van der Waals surface area contributed by atoms with Gasteiger partial charge in [0.15, 0.2) is 9.84 Å². The highest BCUT2D eigenvalue weighted by molar-refractivity contribution is 7.91. The maximum Gasteiger partial charge on any atom is 0.252 e. The van der Waals surface area contributed by atoms with Crippen LogP contribution in [0.2, 0.25) is 0 Å². The number of nitrogens with one attached hydrogen (secondary N) is 1. The van der Waals surface area contributed by atoms with E-state index >= 15 is 0 Å². The summed E-state index contributed by atoms with van der Waals surface area (Å²) in [6, 6.07) is 16.2. The molecule has 5 heteroatoms. The van der Waals surface area contributed by atoms with Crippen molar-refractivity contribution in [1.82, 2.24) is 5.32 Å². The molecule has 23 heavy (non-hydrogen) atoms. The van der Waals surface area contributed by atoms with Gasteiger partial charge < -0.3 is 5.32 Å². The number of hydrogen-bond acceptors (Lipinski definition) is 3. The quantitative estimate of drug-likeness (QED) is 0.848. The first kappa shape index (κ1) is 17.2. The number of amides is 1. The van der Waals surface area contributed by atoms with Crippen molar-refractivity contribution < 1.29 is 13.2 Å². The van der Waals surface area contributed by atoms with Gasteiger partial charge in [0.25, 0.3) is 5.91 Å². The number of rotatable bonds is 7. The lowest BCUT2D eigenvalue weighted by Crippen LogP contribution is -2.27. The van der Waals surface area contributed by atoms with Gasteiger partial charge in [-0.15, -0.1) is 0 Å².